The zero-order valence-corrected chi connectivity index (χ0v) is 16.7. The molecular weight excluding hydrogens is 406 g/mol. The second kappa shape index (κ2) is 8.97. The average Bonchev–Trinajstić information content (AvgIpc) is 3.08. The van der Waals surface area contributed by atoms with Crippen LogP contribution in [0.4, 0.5) is 14.6 Å². The second-order valence-corrected chi connectivity index (χ2v) is 8.79. The van der Waals surface area contributed by atoms with Gasteiger partial charge in [-0.25, -0.2) is 8.42 Å². The van der Waals surface area contributed by atoms with E-state index < -0.39 is 15.6 Å². The number of anilines is 1. The maximum atomic E-state index is 12.6. The standard InChI is InChI=1S/C18H22F2N4O4S/c1-13-10-16(22-28-13)21-17(25)12-24-8-6-23(7-9-24)11-14-2-4-15(5-3-14)29(26,27)18(19)20/h2-5,10,18H,6-9,11-12H2,1H3,(H,21,22,25). The van der Waals surface area contributed by atoms with Gasteiger partial charge in [-0.05, 0) is 24.6 Å². The summed E-state index contributed by atoms with van der Waals surface area (Å²) in [6.07, 6.45) is 0. The quantitative estimate of drug-likeness (QED) is 0.718. The molecule has 0 radical (unpaired) electrons. The molecule has 158 valence electrons. The number of piperazine rings is 1. The molecule has 1 saturated heterocycles. The topological polar surface area (TPSA) is 95.8 Å². The van der Waals surface area contributed by atoms with Crippen LogP contribution in [0.5, 0.6) is 0 Å². The Kier molecular flexibility index (Phi) is 6.60. The highest BCUT2D eigenvalue weighted by atomic mass is 32.2. The number of carbonyl (C=O) groups is 1. The zero-order valence-electron chi connectivity index (χ0n) is 15.8. The number of aryl methyl sites for hydroxylation is 1. The number of aromatic nitrogens is 1. The van der Waals surface area contributed by atoms with Crippen LogP contribution in [-0.2, 0) is 21.2 Å². The predicted molar refractivity (Wildman–Crippen MR) is 101 cm³/mol. The monoisotopic (exact) mass is 428 g/mol. The number of sulfone groups is 1. The molecule has 8 nitrogen and oxygen atoms in total. The van der Waals surface area contributed by atoms with Crippen LogP contribution in [0.15, 0.2) is 39.8 Å². The molecule has 0 aliphatic carbocycles. The maximum Gasteiger partial charge on any atom is 0.341 e. The summed E-state index contributed by atoms with van der Waals surface area (Å²) in [7, 11) is -4.57. The first-order chi connectivity index (χ1) is 13.7. The van der Waals surface area contributed by atoms with Crippen molar-refractivity contribution in [2.75, 3.05) is 38.0 Å². The van der Waals surface area contributed by atoms with Crippen molar-refractivity contribution in [1.82, 2.24) is 15.0 Å². The number of hydrogen-bond donors (Lipinski definition) is 1. The minimum atomic E-state index is -4.57. The highest BCUT2D eigenvalue weighted by Crippen LogP contribution is 2.19. The Bertz CT molecular complexity index is 939. The molecule has 1 amide bonds. The van der Waals surface area contributed by atoms with Crippen molar-refractivity contribution in [3.05, 3.63) is 41.7 Å². The molecule has 11 heteroatoms. The second-order valence-electron chi connectivity index (χ2n) is 6.87. The number of nitrogens with one attached hydrogen (secondary N) is 1. The third-order valence-electron chi connectivity index (χ3n) is 4.62. The van der Waals surface area contributed by atoms with E-state index >= 15 is 0 Å². The van der Waals surface area contributed by atoms with E-state index in [2.05, 4.69) is 15.4 Å². The number of carbonyl (C=O) groups excluding carboxylic acids is 1. The van der Waals surface area contributed by atoms with Crippen molar-refractivity contribution in [3.63, 3.8) is 0 Å². The summed E-state index contributed by atoms with van der Waals surface area (Å²) < 4.78 is 53.0. The molecule has 3 rings (SSSR count). The molecule has 1 fully saturated rings. The van der Waals surface area contributed by atoms with Gasteiger partial charge in [-0.2, -0.15) is 8.78 Å². The third kappa shape index (κ3) is 5.58. The number of hydrogen-bond acceptors (Lipinski definition) is 7. The van der Waals surface area contributed by atoms with E-state index in [-0.39, 0.29) is 17.3 Å². The highest BCUT2D eigenvalue weighted by molar-refractivity contribution is 7.91. The third-order valence-corrected chi connectivity index (χ3v) is 6.02. The average molecular weight is 428 g/mol. The van der Waals surface area contributed by atoms with E-state index in [1.165, 1.54) is 12.1 Å². The van der Waals surface area contributed by atoms with E-state index in [0.29, 0.717) is 31.2 Å². The van der Waals surface area contributed by atoms with Gasteiger partial charge in [-0.15, -0.1) is 0 Å². The van der Waals surface area contributed by atoms with Crippen LogP contribution >= 0.6 is 0 Å². The largest absolute Gasteiger partial charge is 0.360 e. The summed E-state index contributed by atoms with van der Waals surface area (Å²) in [5.41, 5.74) is 0.839. The first-order valence-electron chi connectivity index (χ1n) is 9.03. The van der Waals surface area contributed by atoms with Crippen molar-refractivity contribution in [3.8, 4) is 0 Å². The number of amides is 1. The molecule has 1 aliphatic heterocycles. The minimum Gasteiger partial charge on any atom is -0.360 e. The first kappa shape index (κ1) is 21.3. The van der Waals surface area contributed by atoms with Crippen LogP contribution in [0.2, 0.25) is 0 Å². The summed E-state index contributed by atoms with van der Waals surface area (Å²) in [5.74, 6) is -2.58. The van der Waals surface area contributed by atoms with Gasteiger partial charge in [0, 0.05) is 38.8 Å². The Morgan fingerprint density at radius 1 is 1.17 bits per heavy atom. The molecule has 0 saturated carbocycles. The van der Waals surface area contributed by atoms with E-state index in [1.54, 1.807) is 25.1 Å². The maximum absolute atomic E-state index is 12.6. The highest BCUT2D eigenvalue weighted by Gasteiger charge is 2.26. The molecule has 1 aromatic heterocycles. The van der Waals surface area contributed by atoms with Crippen molar-refractivity contribution < 1.29 is 26.5 Å². The molecular formula is C18H22F2N4O4S. The molecule has 0 atom stereocenters. The van der Waals surface area contributed by atoms with E-state index in [4.69, 9.17) is 4.52 Å². The van der Waals surface area contributed by atoms with Gasteiger partial charge in [0.1, 0.15) is 5.76 Å². The lowest BCUT2D eigenvalue weighted by Crippen LogP contribution is -2.48. The van der Waals surface area contributed by atoms with E-state index in [9.17, 15) is 22.0 Å². The molecule has 1 N–H and O–H groups in total. The molecule has 0 unspecified atom stereocenters. The molecule has 0 bridgehead atoms. The van der Waals surface area contributed by atoms with Gasteiger partial charge in [0.25, 0.3) is 0 Å². The molecule has 2 aromatic rings. The van der Waals surface area contributed by atoms with Gasteiger partial charge in [-0.3, -0.25) is 14.6 Å². The molecule has 1 aromatic carbocycles. The van der Waals surface area contributed by atoms with Crippen molar-refractivity contribution in [2.45, 2.75) is 24.1 Å². The van der Waals surface area contributed by atoms with Crippen LogP contribution in [0.1, 0.15) is 11.3 Å². The van der Waals surface area contributed by atoms with Crippen LogP contribution in [0, 0.1) is 6.92 Å². The first-order valence-corrected chi connectivity index (χ1v) is 10.6. The Morgan fingerprint density at radius 3 is 2.34 bits per heavy atom. The lowest BCUT2D eigenvalue weighted by molar-refractivity contribution is -0.117. The summed E-state index contributed by atoms with van der Waals surface area (Å²) in [6, 6.07) is 7.17. The van der Waals surface area contributed by atoms with E-state index in [0.717, 1.165) is 18.7 Å². The van der Waals surface area contributed by atoms with Crippen molar-refractivity contribution in [2.24, 2.45) is 0 Å². The molecule has 29 heavy (non-hydrogen) atoms. The lowest BCUT2D eigenvalue weighted by Gasteiger charge is -2.34. The summed E-state index contributed by atoms with van der Waals surface area (Å²) in [5, 5.41) is 6.41. The van der Waals surface area contributed by atoms with Crippen LogP contribution in [0.3, 0.4) is 0 Å². The van der Waals surface area contributed by atoms with Gasteiger partial charge >= 0.3 is 5.76 Å². The van der Waals surface area contributed by atoms with Crippen molar-refractivity contribution in [1.29, 1.82) is 0 Å². The molecule has 1 aliphatic rings. The number of benzene rings is 1. The normalized spacial score (nSPS) is 16.3. The van der Waals surface area contributed by atoms with Gasteiger partial charge in [0.15, 0.2) is 5.82 Å². The van der Waals surface area contributed by atoms with Crippen LogP contribution < -0.4 is 5.32 Å². The van der Waals surface area contributed by atoms with Gasteiger partial charge in [0.2, 0.25) is 15.7 Å². The van der Waals surface area contributed by atoms with Gasteiger partial charge in [-0.1, -0.05) is 17.3 Å². The minimum absolute atomic E-state index is 0.164. The summed E-state index contributed by atoms with van der Waals surface area (Å²) in [6.45, 7) is 5.42. The Labute approximate surface area is 167 Å². The van der Waals surface area contributed by atoms with Gasteiger partial charge < -0.3 is 9.84 Å². The Balaban J connectivity index is 1.45. The van der Waals surface area contributed by atoms with Gasteiger partial charge in [0.05, 0.1) is 11.4 Å². The summed E-state index contributed by atoms with van der Waals surface area (Å²) in [4.78, 5) is 15.9. The number of halogens is 2. The van der Waals surface area contributed by atoms with Crippen LogP contribution in [0.25, 0.3) is 0 Å². The van der Waals surface area contributed by atoms with Crippen LogP contribution in [-0.4, -0.2) is 67.8 Å². The smallest absolute Gasteiger partial charge is 0.341 e. The zero-order chi connectivity index (χ0) is 21.0. The SMILES string of the molecule is Cc1cc(NC(=O)CN2CCN(Cc3ccc(S(=O)(=O)C(F)F)cc3)CC2)no1. The Morgan fingerprint density at radius 2 is 1.79 bits per heavy atom. The Hall–Kier alpha value is -2.37. The fourth-order valence-electron chi connectivity index (χ4n) is 3.06. The fraction of sp³-hybridized carbons (Fsp3) is 0.444. The van der Waals surface area contributed by atoms with E-state index in [1.807, 2.05) is 4.90 Å². The molecule has 2 heterocycles. The lowest BCUT2D eigenvalue weighted by atomic mass is 10.2. The fourth-order valence-corrected chi connectivity index (χ4v) is 3.78. The predicted octanol–water partition coefficient (Wildman–Crippen LogP) is 1.74. The van der Waals surface area contributed by atoms with Crippen molar-refractivity contribution >= 4 is 21.6 Å². The summed E-state index contributed by atoms with van der Waals surface area (Å²) >= 11 is 0. The molecule has 0 spiro atoms. The number of rotatable bonds is 7. The number of alkyl halides is 2. The number of nitrogens with zero attached hydrogens (tertiary/aromatic N) is 3.